The van der Waals surface area contributed by atoms with Gasteiger partial charge in [-0.05, 0) is 69.0 Å². The Hall–Kier alpha value is -2.92. The monoisotopic (exact) mass is 421 g/mol. The molecule has 1 aliphatic rings. The van der Waals surface area contributed by atoms with Gasteiger partial charge in [0.05, 0.1) is 32.3 Å². The van der Waals surface area contributed by atoms with Crippen LogP contribution in [0.3, 0.4) is 0 Å². The highest BCUT2D eigenvalue weighted by Crippen LogP contribution is 2.52. The van der Waals surface area contributed by atoms with E-state index in [4.69, 9.17) is 14.2 Å². The molecule has 3 aromatic rings. The van der Waals surface area contributed by atoms with Gasteiger partial charge in [0.1, 0.15) is 23.0 Å². The molecule has 164 valence electrons. The number of rotatable bonds is 4. The van der Waals surface area contributed by atoms with E-state index in [0.717, 1.165) is 62.3 Å². The SMILES string of the molecule is COc1c(-c2c(C)cc(OC)c3c(OC)cccc23)c(O)cc2c1C(C)N(C)C(C)C2. The maximum absolute atomic E-state index is 11.3. The lowest BCUT2D eigenvalue weighted by molar-refractivity contribution is 0.175. The van der Waals surface area contributed by atoms with E-state index in [1.54, 1.807) is 21.3 Å². The number of aryl methyl sites for hydroxylation is 1. The summed E-state index contributed by atoms with van der Waals surface area (Å²) >= 11 is 0. The van der Waals surface area contributed by atoms with Crippen molar-refractivity contribution in [2.24, 2.45) is 0 Å². The molecule has 0 amide bonds. The molecule has 2 atom stereocenters. The van der Waals surface area contributed by atoms with Crippen molar-refractivity contribution in [1.29, 1.82) is 0 Å². The number of hydrogen-bond donors (Lipinski definition) is 1. The molecule has 3 aromatic carbocycles. The summed E-state index contributed by atoms with van der Waals surface area (Å²) < 4.78 is 17.3. The van der Waals surface area contributed by atoms with E-state index in [-0.39, 0.29) is 11.8 Å². The summed E-state index contributed by atoms with van der Waals surface area (Å²) in [5, 5.41) is 13.1. The molecular weight excluding hydrogens is 390 g/mol. The van der Waals surface area contributed by atoms with Gasteiger partial charge < -0.3 is 19.3 Å². The third-order valence-electron chi connectivity index (χ3n) is 6.80. The minimum absolute atomic E-state index is 0.174. The number of phenols is 1. The largest absolute Gasteiger partial charge is 0.507 e. The molecule has 0 saturated heterocycles. The Kier molecular flexibility index (Phi) is 5.48. The summed E-state index contributed by atoms with van der Waals surface area (Å²) in [6.45, 7) is 6.44. The number of phenolic OH excluding ortho intramolecular Hbond substituents is 1. The fourth-order valence-electron chi connectivity index (χ4n) is 5.05. The van der Waals surface area contributed by atoms with Crippen molar-refractivity contribution < 1.29 is 19.3 Å². The number of fused-ring (bicyclic) bond motifs is 2. The number of methoxy groups -OCH3 is 3. The molecule has 0 aromatic heterocycles. The van der Waals surface area contributed by atoms with Gasteiger partial charge in [0.2, 0.25) is 0 Å². The Morgan fingerprint density at radius 3 is 2.32 bits per heavy atom. The first-order chi connectivity index (χ1) is 14.8. The van der Waals surface area contributed by atoms with Crippen molar-refractivity contribution in [3.05, 3.63) is 47.0 Å². The van der Waals surface area contributed by atoms with Gasteiger partial charge in [-0.15, -0.1) is 0 Å². The lowest BCUT2D eigenvalue weighted by atomic mass is 9.83. The maximum atomic E-state index is 11.3. The highest BCUT2D eigenvalue weighted by Gasteiger charge is 2.33. The lowest BCUT2D eigenvalue weighted by Crippen LogP contribution is -2.38. The zero-order valence-electron chi connectivity index (χ0n) is 19.4. The predicted molar refractivity (Wildman–Crippen MR) is 125 cm³/mol. The molecule has 31 heavy (non-hydrogen) atoms. The maximum Gasteiger partial charge on any atom is 0.135 e. The van der Waals surface area contributed by atoms with E-state index in [1.807, 2.05) is 37.3 Å². The average Bonchev–Trinajstić information content (AvgIpc) is 2.76. The molecular formula is C26H31NO4. The molecule has 0 saturated carbocycles. The van der Waals surface area contributed by atoms with Gasteiger partial charge in [0.25, 0.3) is 0 Å². The van der Waals surface area contributed by atoms with Crippen molar-refractivity contribution in [2.45, 2.75) is 39.3 Å². The second-order valence-electron chi connectivity index (χ2n) is 8.42. The van der Waals surface area contributed by atoms with Crippen LogP contribution in [0.5, 0.6) is 23.0 Å². The van der Waals surface area contributed by atoms with Gasteiger partial charge in [-0.3, -0.25) is 4.90 Å². The Morgan fingerprint density at radius 1 is 0.968 bits per heavy atom. The second kappa shape index (κ2) is 7.97. The number of nitrogens with zero attached hydrogens (tertiary/aromatic N) is 1. The van der Waals surface area contributed by atoms with E-state index in [0.29, 0.717) is 6.04 Å². The van der Waals surface area contributed by atoms with Crippen LogP contribution in [0.25, 0.3) is 21.9 Å². The first kappa shape index (κ1) is 21.3. The Bertz CT molecular complexity index is 1150. The molecule has 0 aliphatic carbocycles. The van der Waals surface area contributed by atoms with Crippen LogP contribution in [0.1, 0.15) is 36.6 Å². The normalized spacial score (nSPS) is 18.7. The third kappa shape index (κ3) is 3.19. The van der Waals surface area contributed by atoms with E-state index < -0.39 is 0 Å². The zero-order chi connectivity index (χ0) is 22.4. The van der Waals surface area contributed by atoms with Gasteiger partial charge in [-0.25, -0.2) is 0 Å². The lowest BCUT2D eigenvalue weighted by Gasteiger charge is -2.39. The molecule has 0 fully saturated rings. The zero-order valence-corrected chi connectivity index (χ0v) is 19.4. The fourth-order valence-corrected chi connectivity index (χ4v) is 5.05. The average molecular weight is 422 g/mol. The smallest absolute Gasteiger partial charge is 0.135 e. The summed E-state index contributed by atoms with van der Waals surface area (Å²) in [4.78, 5) is 2.35. The van der Waals surface area contributed by atoms with Gasteiger partial charge in [0, 0.05) is 23.2 Å². The molecule has 1 aliphatic heterocycles. The predicted octanol–water partition coefficient (Wildman–Crippen LogP) is 5.48. The molecule has 1 N–H and O–H groups in total. The number of hydrogen-bond acceptors (Lipinski definition) is 5. The van der Waals surface area contributed by atoms with E-state index >= 15 is 0 Å². The Balaban J connectivity index is 2.12. The Morgan fingerprint density at radius 2 is 1.68 bits per heavy atom. The highest BCUT2D eigenvalue weighted by molar-refractivity contribution is 6.07. The molecule has 0 radical (unpaired) electrons. The van der Waals surface area contributed by atoms with Crippen molar-refractivity contribution in [3.63, 3.8) is 0 Å². The van der Waals surface area contributed by atoms with Crippen molar-refractivity contribution in [1.82, 2.24) is 4.90 Å². The van der Waals surface area contributed by atoms with Crippen molar-refractivity contribution in [3.8, 4) is 34.1 Å². The first-order valence-electron chi connectivity index (χ1n) is 10.6. The Labute approximate surface area is 184 Å². The van der Waals surface area contributed by atoms with Crippen LogP contribution in [-0.4, -0.2) is 44.4 Å². The summed E-state index contributed by atoms with van der Waals surface area (Å²) in [5.41, 5.74) is 4.93. The van der Waals surface area contributed by atoms with Crippen LogP contribution in [0, 0.1) is 6.92 Å². The van der Waals surface area contributed by atoms with Crippen LogP contribution in [0.2, 0.25) is 0 Å². The molecule has 5 nitrogen and oxygen atoms in total. The van der Waals surface area contributed by atoms with Gasteiger partial charge in [-0.2, -0.15) is 0 Å². The summed E-state index contributed by atoms with van der Waals surface area (Å²) in [6.07, 6.45) is 0.872. The standard InChI is InChI=1S/C26H31NO4/c1-14-11-21(30-6)24-18(9-8-10-20(24)29-5)22(14)25-19(28)13-17-12-15(2)27(4)16(3)23(17)26(25)31-7/h8-11,13,15-16,28H,12H2,1-7H3. The van der Waals surface area contributed by atoms with Gasteiger partial charge in [0.15, 0.2) is 0 Å². The number of benzene rings is 3. The molecule has 0 bridgehead atoms. The van der Waals surface area contributed by atoms with Crippen LogP contribution in [0.15, 0.2) is 30.3 Å². The quantitative estimate of drug-likeness (QED) is 0.604. The first-order valence-corrected chi connectivity index (χ1v) is 10.6. The van der Waals surface area contributed by atoms with E-state index in [2.05, 4.69) is 25.8 Å². The summed E-state index contributed by atoms with van der Waals surface area (Å²) in [7, 11) is 7.15. The van der Waals surface area contributed by atoms with Crippen LogP contribution >= 0.6 is 0 Å². The molecule has 0 spiro atoms. The van der Waals surface area contributed by atoms with Gasteiger partial charge in [-0.1, -0.05) is 12.1 Å². The summed E-state index contributed by atoms with van der Waals surface area (Å²) in [5.74, 6) is 2.44. The molecule has 2 unspecified atom stereocenters. The highest BCUT2D eigenvalue weighted by atomic mass is 16.5. The van der Waals surface area contributed by atoms with Crippen LogP contribution in [0.4, 0.5) is 0 Å². The molecule has 1 heterocycles. The number of aromatic hydroxyl groups is 1. The van der Waals surface area contributed by atoms with E-state index in [1.165, 1.54) is 0 Å². The third-order valence-corrected chi connectivity index (χ3v) is 6.80. The summed E-state index contributed by atoms with van der Waals surface area (Å²) in [6, 6.07) is 10.4. The molecule has 5 heteroatoms. The van der Waals surface area contributed by atoms with E-state index in [9.17, 15) is 5.11 Å². The fraction of sp³-hybridized carbons (Fsp3) is 0.385. The van der Waals surface area contributed by atoms with Crippen LogP contribution < -0.4 is 14.2 Å². The topological polar surface area (TPSA) is 51.2 Å². The molecule has 4 rings (SSSR count). The number of ether oxygens (including phenoxy) is 3. The van der Waals surface area contributed by atoms with Crippen LogP contribution in [-0.2, 0) is 6.42 Å². The number of likely N-dealkylation sites (N-methyl/N-ethyl adjacent to an activating group) is 1. The second-order valence-corrected chi connectivity index (χ2v) is 8.42. The minimum atomic E-state index is 0.174. The van der Waals surface area contributed by atoms with Gasteiger partial charge >= 0.3 is 0 Å². The van der Waals surface area contributed by atoms with Crippen molar-refractivity contribution >= 4 is 10.8 Å². The van der Waals surface area contributed by atoms with Crippen molar-refractivity contribution in [2.75, 3.05) is 28.4 Å². The minimum Gasteiger partial charge on any atom is -0.507 e.